The van der Waals surface area contributed by atoms with Gasteiger partial charge in [-0.1, -0.05) is 6.07 Å². The van der Waals surface area contributed by atoms with Gasteiger partial charge in [-0.3, -0.25) is 9.80 Å². The molecule has 2 aliphatic heterocycles. The first kappa shape index (κ1) is 18.2. The molecule has 2 saturated heterocycles. The first-order chi connectivity index (χ1) is 12.1. The minimum Gasteiger partial charge on any atom is -0.496 e. The highest BCUT2D eigenvalue weighted by Gasteiger charge is 2.26. The molecule has 0 aromatic heterocycles. The van der Waals surface area contributed by atoms with E-state index in [1.165, 1.54) is 33.0 Å². The molecule has 0 saturated carbocycles. The lowest BCUT2D eigenvalue weighted by Gasteiger charge is -2.42. The zero-order valence-electron chi connectivity index (χ0n) is 15.3. The first-order valence-corrected chi connectivity index (χ1v) is 9.12. The molecule has 0 unspecified atom stereocenters. The number of carbonyl (C=O) groups is 1. The normalized spacial score (nSPS) is 21.4. The Hall–Kier alpha value is -1.63. The van der Waals surface area contributed by atoms with Gasteiger partial charge < -0.3 is 14.7 Å². The molecule has 25 heavy (non-hydrogen) atoms. The van der Waals surface area contributed by atoms with Crippen molar-refractivity contribution in [1.29, 1.82) is 0 Å². The third-order valence-corrected chi connectivity index (χ3v) is 5.51. The molecule has 2 heterocycles. The van der Waals surface area contributed by atoms with Crippen molar-refractivity contribution in [2.75, 3.05) is 53.4 Å². The highest BCUT2D eigenvalue weighted by Crippen LogP contribution is 2.22. The second-order valence-corrected chi connectivity index (χ2v) is 7.19. The van der Waals surface area contributed by atoms with Crippen LogP contribution >= 0.6 is 0 Å². The largest absolute Gasteiger partial charge is 0.496 e. The molecule has 2 aliphatic rings. The Morgan fingerprint density at radius 3 is 2.44 bits per heavy atom. The van der Waals surface area contributed by atoms with E-state index in [-0.39, 0.29) is 5.56 Å². The molecule has 2 fully saturated rings. The third-order valence-electron chi connectivity index (χ3n) is 5.51. The van der Waals surface area contributed by atoms with Gasteiger partial charge in [-0.05, 0) is 50.7 Å². The number of aromatic carboxylic acids is 1. The lowest BCUT2D eigenvalue weighted by Crippen LogP contribution is -2.52. The van der Waals surface area contributed by atoms with E-state index in [1.807, 2.05) is 6.07 Å². The summed E-state index contributed by atoms with van der Waals surface area (Å²) >= 11 is 0. The van der Waals surface area contributed by atoms with Crippen molar-refractivity contribution in [2.24, 2.45) is 0 Å². The van der Waals surface area contributed by atoms with E-state index >= 15 is 0 Å². The minimum absolute atomic E-state index is 0.241. The number of piperidine rings is 1. The second-order valence-electron chi connectivity index (χ2n) is 7.19. The summed E-state index contributed by atoms with van der Waals surface area (Å²) in [4.78, 5) is 18.8. The number of piperazine rings is 1. The van der Waals surface area contributed by atoms with Crippen molar-refractivity contribution < 1.29 is 14.6 Å². The summed E-state index contributed by atoms with van der Waals surface area (Å²) in [6.45, 7) is 7.50. The summed E-state index contributed by atoms with van der Waals surface area (Å²) in [6.07, 6.45) is 2.55. The molecular formula is C19H29N3O3. The van der Waals surface area contributed by atoms with Gasteiger partial charge >= 0.3 is 5.97 Å². The molecule has 0 atom stereocenters. The van der Waals surface area contributed by atoms with Crippen molar-refractivity contribution in [2.45, 2.75) is 25.4 Å². The lowest BCUT2D eigenvalue weighted by molar-refractivity contribution is 0.0617. The van der Waals surface area contributed by atoms with Gasteiger partial charge in [-0.15, -0.1) is 0 Å². The molecule has 1 N–H and O–H groups in total. The fraction of sp³-hybridized carbons (Fsp3) is 0.632. The number of benzene rings is 1. The maximum Gasteiger partial charge on any atom is 0.339 e. The Balaban J connectivity index is 1.54. The number of nitrogens with zero attached hydrogens (tertiary/aromatic N) is 3. The zero-order valence-corrected chi connectivity index (χ0v) is 15.3. The van der Waals surface area contributed by atoms with E-state index in [9.17, 15) is 9.90 Å². The third kappa shape index (κ3) is 4.51. The molecule has 0 bridgehead atoms. The van der Waals surface area contributed by atoms with E-state index in [0.29, 0.717) is 5.75 Å². The first-order valence-electron chi connectivity index (χ1n) is 9.12. The number of hydrogen-bond acceptors (Lipinski definition) is 5. The lowest BCUT2D eigenvalue weighted by atomic mass is 10.0. The zero-order chi connectivity index (χ0) is 17.8. The maximum absolute atomic E-state index is 11.4. The molecule has 0 spiro atoms. The van der Waals surface area contributed by atoms with Gasteiger partial charge in [0.25, 0.3) is 0 Å². The molecule has 0 aliphatic carbocycles. The summed E-state index contributed by atoms with van der Waals surface area (Å²) in [5, 5.41) is 9.32. The Bertz CT molecular complexity index is 592. The van der Waals surface area contributed by atoms with Gasteiger partial charge in [0.2, 0.25) is 0 Å². The quantitative estimate of drug-likeness (QED) is 0.873. The summed E-state index contributed by atoms with van der Waals surface area (Å²) in [6, 6.07) is 6.20. The standard InChI is InChI=1S/C19H29N3O3/c1-20-7-5-16(6-8-20)22-11-9-21(10-12-22)14-15-3-4-18(25-2)17(13-15)19(23)24/h3-4,13,16H,5-12,14H2,1-2H3,(H,23,24). The Labute approximate surface area is 150 Å². The number of methoxy groups -OCH3 is 1. The van der Waals surface area contributed by atoms with Gasteiger partial charge in [0, 0.05) is 38.8 Å². The average molecular weight is 347 g/mol. The molecule has 3 rings (SSSR count). The number of carboxylic acid groups (broad SMARTS) is 1. The van der Waals surface area contributed by atoms with Crippen molar-refractivity contribution in [1.82, 2.24) is 14.7 Å². The number of carboxylic acids is 1. The van der Waals surface area contributed by atoms with Crippen LogP contribution < -0.4 is 4.74 Å². The minimum atomic E-state index is -0.939. The van der Waals surface area contributed by atoms with E-state index in [0.717, 1.165) is 44.3 Å². The van der Waals surface area contributed by atoms with Crippen LogP contribution in [0.5, 0.6) is 5.75 Å². The predicted octanol–water partition coefficient (Wildman–Crippen LogP) is 1.61. The molecule has 6 nitrogen and oxygen atoms in total. The van der Waals surface area contributed by atoms with Gasteiger partial charge in [-0.25, -0.2) is 4.79 Å². The smallest absolute Gasteiger partial charge is 0.339 e. The van der Waals surface area contributed by atoms with Crippen LogP contribution in [-0.2, 0) is 6.54 Å². The Kier molecular flexibility index (Phi) is 5.93. The highest BCUT2D eigenvalue weighted by molar-refractivity contribution is 5.91. The summed E-state index contributed by atoms with van der Waals surface area (Å²) in [5.74, 6) is -0.519. The van der Waals surface area contributed by atoms with Crippen molar-refractivity contribution in [3.8, 4) is 5.75 Å². The number of hydrogen-bond donors (Lipinski definition) is 1. The fourth-order valence-electron chi connectivity index (χ4n) is 3.93. The van der Waals surface area contributed by atoms with Gasteiger partial charge in [0.15, 0.2) is 0 Å². The van der Waals surface area contributed by atoms with Crippen LogP contribution in [-0.4, -0.2) is 85.2 Å². The van der Waals surface area contributed by atoms with E-state index in [4.69, 9.17) is 4.74 Å². The molecule has 0 radical (unpaired) electrons. The SMILES string of the molecule is COc1ccc(CN2CCN(C3CCN(C)CC3)CC2)cc1C(=O)O. The number of likely N-dealkylation sites (tertiary alicyclic amines) is 1. The topological polar surface area (TPSA) is 56.2 Å². The predicted molar refractivity (Wildman–Crippen MR) is 97.3 cm³/mol. The average Bonchev–Trinajstić information content (AvgIpc) is 2.63. The highest BCUT2D eigenvalue weighted by atomic mass is 16.5. The van der Waals surface area contributed by atoms with Crippen LogP contribution in [0.3, 0.4) is 0 Å². The van der Waals surface area contributed by atoms with Crippen LogP contribution in [0, 0.1) is 0 Å². The summed E-state index contributed by atoms with van der Waals surface area (Å²) in [7, 11) is 3.71. The van der Waals surface area contributed by atoms with E-state index < -0.39 is 5.97 Å². The second kappa shape index (κ2) is 8.17. The molecule has 1 aromatic rings. The number of rotatable bonds is 5. The van der Waals surface area contributed by atoms with E-state index in [1.54, 1.807) is 12.1 Å². The van der Waals surface area contributed by atoms with Crippen LogP contribution in [0.2, 0.25) is 0 Å². The van der Waals surface area contributed by atoms with Crippen LogP contribution in [0.4, 0.5) is 0 Å². The van der Waals surface area contributed by atoms with Crippen LogP contribution in [0.15, 0.2) is 18.2 Å². The van der Waals surface area contributed by atoms with Crippen molar-refractivity contribution >= 4 is 5.97 Å². The Morgan fingerprint density at radius 2 is 1.84 bits per heavy atom. The molecule has 138 valence electrons. The van der Waals surface area contributed by atoms with Gasteiger partial charge in [0.05, 0.1) is 7.11 Å². The van der Waals surface area contributed by atoms with E-state index in [2.05, 4.69) is 21.7 Å². The molecule has 0 amide bonds. The van der Waals surface area contributed by atoms with Crippen molar-refractivity contribution in [3.63, 3.8) is 0 Å². The molecule has 1 aromatic carbocycles. The van der Waals surface area contributed by atoms with Gasteiger partial charge in [0.1, 0.15) is 11.3 Å². The monoisotopic (exact) mass is 347 g/mol. The number of ether oxygens (including phenoxy) is 1. The van der Waals surface area contributed by atoms with Crippen molar-refractivity contribution in [3.05, 3.63) is 29.3 Å². The van der Waals surface area contributed by atoms with Crippen LogP contribution in [0.25, 0.3) is 0 Å². The fourth-order valence-corrected chi connectivity index (χ4v) is 3.93. The molecular weight excluding hydrogens is 318 g/mol. The van der Waals surface area contributed by atoms with Gasteiger partial charge in [-0.2, -0.15) is 0 Å². The summed E-state index contributed by atoms with van der Waals surface area (Å²) in [5.41, 5.74) is 1.27. The molecule has 6 heteroatoms. The Morgan fingerprint density at radius 1 is 1.16 bits per heavy atom. The summed E-state index contributed by atoms with van der Waals surface area (Å²) < 4.78 is 5.14. The van der Waals surface area contributed by atoms with Crippen LogP contribution in [0.1, 0.15) is 28.8 Å². The maximum atomic E-state index is 11.4.